The number of hydrogen-bond donors (Lipinski definition) is 0. The first-order chi connectivity index (χ1) is 16.1. The summed E-state index contributed by atoms with van der Waals surface area (Å²) in [5.74, 6) is 1.38. The number of cyclic esters (lactones) is 1. The maximum absolute atomic E-state index is 12.3. The van der Waals surface area contributed by atoms with Crippen LogP contribution in [0.2, 0.25) is 5.02 Å². The van der Waals surface area contributed by atoms with Gasteiger partial charge in [-0.25, -0.2) is 9.79 Å². The van der Waals surface area contributed by atoms with Gasteiger partial charge in [-0.2, -0.15) is 0 Å². The molecule has 168 valence electrons. The zero-order valence-electron chi connectivity index (χ0n) is 18.0. The number of esters is 1. The quantitative estimate of drug-likeness (QED) is 0.237. The zero-order valence-corrected chi connectivity index (χ0v) is 18.7. The van der Waals surface area contributed by atoms with Crippen molar-refractivity contribution in [3.8, 4) is 17.2 Å². The molecule has 4 rings (SSSR count). The lowest BCUT2D eigenvalue weighted by molar-refractivity contribution is -0.129. The number of benzene rings is 3. The summed E-state index contributed by atoms with van der Waals surface area (Å²) in [4.78, 5) is 16.6. The molecule has 3 aromatic rings. The van der Waals surface area contributed by atoms with E-state index in [0.29, 0.717) is 35.3 Å². The van der Waals surface area contributed by atoms with E-state index in [1.807, 2.05) is 67.6 Å². The fourth-order valence-electron chi connectivity index (χ4n) is 3.17. The van der Waals surface area contributed by atoms with E-state index in [4.69, 9.17) is 30.5 Å². The fraction of sp³-hybridized carbons (Fsp3) is 0.154. The van der Waals surface area contributed by atoms with Crippen LogP contribution in [0.25, 0.3) is 6.08 Å². The molecule has 1 aliphatic rings. The van der Waals surface area contributed by atoms with E-state index in [9.17, 15) is 4.79 Å². The Labute approximate surface area is 197 Å². The Morgan fingerprint density at radius 3 is 2.36 bits per heavy atom. The van der Waals surface area contributed by atoms with E-state index < -0.39 is 5.97 Å². The van der Waals surface area contributed by atoms with Gasteiger partial charge in [0.2, 0.25) is 5.90 Å². The molecule has 0 amide bonds. The number of ether oxygens (including phenoxy) is 4. The Balaban J connectivity index is 1.50. The van der Waals surface area contributed by atoms with Gasteiger partial charge in [0.1, 0.15) is 19.0 Å². The summed E-state index contributed by atoms with van der Waals surface area (Å²) in [6, 6.07) is 22.2. The maximum Gasteiger partial charge on any atom is 0.363 e. The summed E-state index contributed by atoms with van der Waals surface area (Å²) < 4.78 is 22.5. The minimum Gasteiger partial charge on any atom is -0.490 e. The third-order valence-electron chi connectivity index (χ3n) is 4.62. The van der Waals surface area contributed by atoms with Gasteiger partial charge in [-0.15, -0.1) is 0 Å². The molecule has 0 unspecified atom stereocenters. The highest BCUT2D eigenvalue weighted by Gasteiger charge is 2.24. The van der Waals surface area contributed by atoms with Crippen LogP contribution in [0.15, 0.2) is 83.5 Å². The standard InChI is InChI=1S/C26H22ClNO5/c1-2-30-23-17-18(16-22-26(29)33-25(28-22)19-9-5-3-6-10-19)15-21(27)24(23)32-14-13-31-20-11-7-4-8-12-20/h3-12,15-17H,2,13-14H2,1H3/b22-16-. The molecule has 1 heterocycles. The zero-order chi connectivity index (χ0) is 23.0. The molecule has 1 aliphatic heterocycles. The van der Waals surface area contributed by atoms with Crippen LogP contribution in [0.1, 0.15) is 18.1 Å². The number of carbonyl (C=O) groups excluding carboxylic acids is 1. The minimum atomic E-state index is -0.527. The fourth-order valence-corrected chi connectivity index (χ4v) is 3.44. The highest BCUT2D eigenvalue weighted by atomic mass is 35.5. The topological polar surface area (TPSA) is 66.4 Å². The van der Waals surface area contributed by atoms with Crippen molar-refractivity contribution in [3.05, 3.63) is 94.6 Å². The van der Waals surface area contributed by atoms with Crippen LogP contribution < -0.4 is 14.2 Å². The van der Waals surface area contributed by atoms with Crippen LogP contribution in [-0.2, 0) is 9.53 Å². The van der Waals surface area contributed by atoms with Crippen LogP contribution in [0.4, 0.5) is 0 Å². The van der Waals surface area contributed by atoms with Gasteiger partial charge < -0.3 is 18.9 Å². The van der Waals surface area contributed by atoms with Gasteiger partial charge in [0.05, 0.1) is 11.6 Å². The van der Waals surface area contributed by atoms with Gasteiger partial charge in [0, 0.05) is 5.56 Å². The second-order valence-corrected chi connectivity index (χ2v) is 7.38. The van der Waals surface area contributed by atoms with Crippen molar-refractivity contribution in [1.29, 1.82) is 0 Å². The van der Waals surface area contributed by atoms with Gasteiger partial charge in [0.25, 0.3) is 0 Å². The van der Waals surface area contributed by atoms with Crippen molar-refractivity contribution >= 4 is 29.5 Å². The van der Waals surface area contributed by atoms with Crippen LogP contribution in [0.5, 0.6) is 17.2 Å². The predicted octanol–water partition coefficient (Wildman–Crippen LogP) is 5.54. The third kappa shape index (κ3) is 5.73. The Morgan fingerprint density at radius 2 is 1.64 bits per heavy atom. The van der Waals surface area contributed by atoms with Crippen molar-refractivity contribution in [1.82, 2.24) is 0 Å². The average molecular weight is 464 g/mol. The third-order valence-corrected chi connectivity index (χ3v) is 4.90. The largest absolute Gasteiger partial charge is 0.490 e. The van der Waals surface area contributed by atoms with Crippen molar-refractivity contribution < 1.29 is 23.7 Å². The molecule has 0 N–H and O–H groups in total. The second-order valence-electron chi connectivity index (χ2n) is 6.98. The normalized spacial score (nSPS) is 14.1. The first kappa shape index (κ1) is 22.4. The molecule has 0 spiro atoms. The molecule has 0 fully saturated rings. The van der Waals surface area contributed by atoms with Crippen molar-refractivity contribution in [2.24, 2.45) is 4.99 Å². The van der Waals surface area contributed by atoms with Crippen LogP contribution >= 0.6 is 11.6 Å². The van der Waals surface area contributed by atoms with E-state index in [1.165, 1.54) is 0 Å². The number of halogens is 1. The van der Waals surface area contributed by atoms with Gasteiger partial charge in [-0.05, 0) is 55.0 Å². The summed E-state index contributed by atoms with van der Waals surface area (Å²) in [7, 11) is 0. The number of carbonyl (C=O) groups is 1. The SMILES string of the molecule is CCOc1cc(/C=C2\N=C(c3ccccc3)OC2=O)cc(Cl)c1OCCOc1ccccc1. The summed E-state index contributed by atoms with van der Waals surface area (Å²) >= 11 is 6.49. The number of hydrogen-bond acceptors (Lipinski definition) is 6. The van der Waals surface area contributed by atoms with Gasteiger partial charge in [-0.1, -0.05) is 48.0 Å². The van der Waals surface area contributed by atoms with Crippen LogP contribution in [0.3, 0.4) is 0 Å². The molecular weight excluding hydrogens is 442 g/mol. The molecule has 0 saturated heterocycles. The Bertz CT molecular complexity index is 1180. The number of aliphatic imine (C=N–C) groups is 1. The molecule has 0 aromatic heterocycles. The molecule has 0 atom stereocenters. The summed E-state index contributed by atoms with van der Waals surface area (Å²) in [6.45, 7) is 2.92. The van der Waals surface area contributed by atoms with Crippen LogP contribution in [0, 0.1) is 0 Å². The Morgan fingerprint density at radius 1 is 0.939 bits per heavy atom. The molecule has 0 aliphatic carbocycles. The van der Waals surface area contributed by atoms with E-state index in [1.54, 1.807) is 18.2 Å². The monoisotopic (exact) mass is 463 g/mol. The van der Waals surface area contributed by atoms with E-state index in [2.05, 4.69) is 4.99 Å². The van der Waals surface area contributed by atoms with Gasteiger partial charge in [0.15, 0.2) is 17.2 Å². The van der Waals surface area contributed by atoms with E-state index in [0.717, 1.165) is 11.3 Å². The van der Waals surface area contributed by atoms with Crippen molar-refractivity contribution in [3.63, 3.8) is 0 Å². The van der Waals surface area contributed by atoms with E-state index >= 15 is 0 Å². The van der Waals surface area contributed by atoms with Gasteiger partial charge >= 0.3 is 5.97 Å². The molecule has 0 saturated carbocycles. The highest BCUT2D eigenvalue weighted by Crippen LogP contribution is 2.37. The number of rotatable bonds is 9. The van der Waals surface area contributed by atoms with Gasteiger partial charge in [-0.3, -0.25) is 0 Å². The Kier molecular flexibility index (Phi) is 7.27. The molecule has 0 radical (unpaired) electrons. The first-order valence-corrected chi connectivity index (χ1v) is 10.9. The first-order valence-electron chi connectivity index (χ1n) is 10.5. The molecule has 6 nitrogen and oxygen atoms in total. The maximum atomic E-state index is 12.3. The second kappa shape index (κ2) is 10.7. The molecule has 0 bridgehead atoms. The molecule has 3 aromatic carbocycles. The number of nitrogens with zero attached hydrogens (tertiary/aromatic N) is 1. The average Bonchev–Trinajstić information content (AvgIpc) is 3.19. The summed E-state index contributed by atoms with van der Waals surface area (Å²) in [6.07, 6.45) is 1.61. The highest BCUT2D eigenvalue weighted by molar-refractivity contribution is 6.32. The molecule has 33 heavy (non-hydrogen) atoms. The smallest absolute Gasteiger partial charge is 0.363 e. The van der Waals surface area contributed by atoms with Crippen molar-refractivity contribution in [2.75, 3.05) is 19.8 Å². The lowest BCUT2D eigenvalue weighted by Gasteiger charge is -2.15. The molecular formula is C26H22ClNO5. The number of para-hydroxylation sites is 1. The minimum absolute atomic E-state index is 0.178. The lowest BCUT2D eigenvalue weighted by Crippen LogP contribution is -2.10. The summed E-state index contributed by atoms with van der Waals surface area (Å²) in [5.41, 5.74) is 1.54. The van der Waals surface area contributed by atoms with Crippen LogP contribution in [-0.4, -0.2) is 31.7 Å². The lowest BCUT2D eigenvalue weighted by atomic mass is 10.1. The summed E-state index contributed by atoms with van der Waals surface area (Å²) in [5, 5.41) is 0.353. The Hall–Kier alpha value is -3.77. The van der Waals surface area contributed by atoms with Crippen molar-refractivity contribution in [2.45, 2.75) is 6.92 Å². The van der Waals surface area contributed by atoms with E-state index in [-0.39, 0.29) is 18.2 Å². The molecule has 7 heteroatoms. The predicted molar refractivity (Wildman–Crippen MR) is 127 cm³/mol.